The molecule has 1 atom stereocenters. The Hall–Kier alpha value is -0.970. The summed E-state index contributed by atoms with van der Waals surface area (Å²) in [5.74, 6) is 0. The molecule has 0 aliphatic heterocycles. The molecule has 0 aliphatic rings. The first-order valence-electron chi connectivity index (χ1n) is 5.27. The number of hydrogen-bond donors (Lipinski definition) is 3. The molecule has 0 aromatic carbocycles. The summed E-state index contributed by atoms with van der Waals surface area (Å²) in [6.45, 7) is 5.05. The van der Waals surface area contributed by atoms with Crippen molar-refractivity contribution >= 4 is 0 Å². The van der Waals surface area contributed by atoms with Crippen LogP contribution in [0.3, 0.4) is 0 Å². The van der Waals surface area contributed by atoms with Gasteiger partial charge < -0.3 is 15.7 Å². The van der Waals surface area contributed by atoms with Gasteiger partial charge in [0.05, 0.1) is 6.10 Å². The molecule has 4 nitrogen and oxygen atoms in total. The summed E-state index contributed by atoms with van der Waals surface area (Å²) in [6.07, 6.45) is 3.32. The van der Waals surface area contributed by atoms with Gasteiger partial charge in [-0.25, -0.2) is 0 Å². The monoisotopic (exact) mass is 209 g/mol. The minimum atomic E-state index is -0.273. The molecule has 1 rings (SSSR count). The van der Waals surface area contributed by atoms with E-state index in [1.807, 2.05) is 12.1 Å². The first-order valence-corrected chi connectivity index (χ1v) is 5.27. The lowest BCUT2D eigenvalue weighted by molar-refractivity contribution is 0.191. The highest BCUT2D eigenvalue weighted by atomic mass is 16.3. The highest BCUT2D eigenvalue weighted by Crippen LogP contribution is 1.93. The minimum Gasteiger partial charge on any atom is -0.392 e. The van der Waals surface area contributed by atoms with Crippen molar-refractivity contribution in [3.8, 4) is 0 Å². The zero-order chi connectivity index (χ0) is 10.9. The van der Waals surface area contributed by atoms with Crippen molar-refractivity contribution in [2.24, 2.45) is 0 Å². The Morgan fingerprint density at radius 2 is 1.93 bits per heavy atom. The lowest BCUT2D eigenvalue weighted by Gasteiger charge is -2.07. The van der Waals surface area contributed by atoms with Crippen molar-refractivity contribution in [3.63, 3.8) is 0 Å². The van der Waals surface area contributed by atoms with Crippen LogP contribution in [0.4, 0.5) is 0 Å². The van der Waals surface area contributed by atoms with Crippen LogP contribution in [-0.2, 0) is 6.54 Å². The average Bonchev–Trinajstić information content (AvgIpc) is 2.24. The third-order valence-corrected chi connectivity index (χ3v) is 2.00. The molecule has 0 amide bonds. The van der Waals surface area contributed by atoms with Crippen molar-refractivity contribution in [2.75, 3.05) is 19.6 Å². The molecule has 1 aromatic rings. The van der Waals surface area contributed by atoms with Gasteiger partial charge in [-0.3, -0.25) is 4.98 Å². The first kappa shape index (κ1) is 12.1. The molecule has 0 fully saturated rings. The van der Waals surface area contributed by atoms with Crippen molar-refractivity contribution < 1.29 is 5.11 Å². The van der Waals surface area contributed by atoms with E-state index in [4.69, 9.17) is 5.11 Å². The summed E-state index contributed by atoms with van der Waals surface area (Å²) in [5, 5.41) is 15.4. The van der Waals surface area contributed by atoms with Crippen molar-refractivity contribution in [2.45, 2.75) is 19.6 Å². The highest BCUT2D eigenvalue weighted by molar-refractivity contribution is 5.08. The SMILES string of the molecule is C[C@H](O)CNCCNCc1ccncc1. The van der Waals surface area contributed by atoms with Crippen LogP contribution in [0.1, 0.15) is 12.5 Å². The number of nitrogens with zero attached hydrogens (tertiary/aromatic N) is 1. The summed E-state index contributed by atoms with van der Waals surface area (Å²) < 4.78 is 0. The number of pyridine rings is 1. The second kappa shape index (κ2) is 7.34. The van der Waals surface area contributed by atoms with Gasteiger partial charge in [0.15, 0.2) is 0 Å². The summed E-state index contributed by atoms with van der Waals surface area (Å²) in [4.78, 5) is 3.95. The van der Waals surface area contributed by atoms with Crippen LogP contribution in [-0.4, -0.2) is 35.8 Å². The third kappa shape index (κ3) is 6.17. The number of hydrogen-bond acceptors (Lipinski definition) is 4. The Labute approximate surface area is 90.7 Å². The Bertz CT molecular complexity index is 251. The van der Waals surface area contributed by atoms with Gasteiger partial charge in [0.1, 0.15) is 0 Å². The summed E-state index contributed by atoms with van der Waals surface area (Å²) >= 11 is 0. The maximum absolute atomic E-state index is 9.00. The number of nitrogens with one attached hydrogen (secondary N) is 2. The second-order valence-electron chi connectivity index (χ2n) is 3.59. The van der Waals surface area contributed by atoms with E-state index in [-0.39, 0.29) is 6.10 Å². The molecule has 3 N–H and O–H groups in total. The zero-order valence-corrected chi connectivity index (χ0v) is 9.11. The molecule has 0 spiro atoms. The molecular formula is C11H19N3O. The predicted octanol–water partition coefficient (Wildman–Crippen LogP) is 0.142. The maximum atomic E-state index is 9.00. The molecule has 0 radical (unpaired) electrons. The van der Waals surface area contributed by atoms with Crippen molar-refractivity contribution in [1.29, 1.82) is 0 Å². The van der Waals surface area contributed by atoms with Gasteiger partial charge in [0.2, 0.25) is 0 Å². The van der Waals surface area contributed by atoms with Gasteiger partial charge in [-0.2, -0.15) is 0 Å². The van der Waals surface area contributed by atoms with Crippen LogP contribution >= 0.6 is 0 Å². The summed E-state index contributed by atoms with van der Waals surface area (Å²) in [7, 11) is 0. The van der Waals surface area contributed by atoms with Gasteiger partial charge in [0.25, 0.3) is 0 Å². The number of aromatic nitrogens is 1. The van der Waals surface area contributed by atoms with E-state index in [2.05, 4.69) is 15.6 Å². The summed E-state index contributed by atoms with van der Waals surface area (Å²) in [6, 6.07) is 3.99. The smallest absolute Gasteiger partial charge is 0.0636 e. The molecule has 0 aliphatic carbocycles. The van der Waals surface area contributed by atoms with E-state index >= 15 is 0 Å². The van der Waals surface area contributed by atoms with Crippen molar-refractivity contribution in [1.82, 2.24) is 15.6 Å². The van der Waals surface area contributed by atoms with Gasteiger partial charge in [-0.15, -0.1) is 0 Å². The molecule has 15 heavy (non-hydrogen) atoms. The van der Waals surface area contributed by atoms with Gasteiger partial charge in [-0.05, 0) is 24.6 Å². The van der Waals surface area contributed by atoms with Gasteiger partial charge in [0, 0.05) is 38.6 Å². The van der Waals surface area contributed by atoms with E-state index in [0.717, 1.165) is 19.6 Å². The summed E-state index contributed by atoms with van der Waals surface area (Å²) in [5.41, 5.74) is 1.24. The zero-order valence-electron chi connectivity index (χ0n) is 9.11. The molecule has 0 unspecified atom stereocenters. The second-order valence-corrected chi connectivity index (χ2v) is 3.59. The lowest BCUT2D eigenvalue weighted by atomic mass is 10.3. The molecular weight excluding hydrogens is 190 g/mol. The van der Waals surface area contributed by atoms with Crippen LogP contribution in [0.2, 0.25) is 0 Å². The normalized spacial score (nSPS) is 12.7. The Balaban J connectivity index is 1.98. The maximum Gasteiger partial charge on any atom is 0.0636 e. The quantitative estimate of drug-likeness (QED) is 0.559. The van der Waals surface area contributed by atoms with E-state index in [0.29, 0.717) is 6.54 Å². The molecule has 84 valence electrons. The number of aliphatic hydroxyl groups excluding tert-OH is 1. The average molecular weight is 209 g/mol. The van der Waals surface area contributed by atoms with Crippen LogP contribution in [0.25, 0.3) is 0 Å². The largest absolute Gasteiger partial charge is 0.392 e. The highest BCUT2D eigenvalue weighted by Gasteiger charge is 1.94. The van der Waals surface area contributed by atoms with Crippen molar-refractivity contribution in [3.05, 3.63) is 30.1 Å². The fraction of sp³-hybridized carbons (Fsp3) is 0.545. The van der Waals surface area contributed by atoms with Crippen LogP contribution in [0.5, 0.6) is 0 Å². The molecule has 1 heterocycles. The van der Waals surface area contributed by atoms with Gasteiger partial charge in [-0.1, -0.05) is 0 Å². The lowest BCUT2D eigenvalue weighted by Crippen LogP contribution is -2.31. The predicted molar refractivity (Wildman–Crippen MR) is 60.5 cm³/mol. The fourth-order valence-corrected chi connectivity index (χ4v) is 1.22. The van der Waals surface area contributed by atoms with E-state index in [1.165, 1.54) is 5.56 Å². The fourth-order valence-electron chi connectivity index (χ4n) is 1.22. The number of aliphatic hydroxyl groups is 1. The topological polar surface area (TPSA) is 57.2 Å². The van der Waals surface area contributed by atoms with E-state index < -0.39 is 0 Å². The van der Waals surface area contributed by atoms with Crippen LogP contribution in [0, 0.1) is 0 Å². The third-order valence-electron chi connectivity index (χ3n) is 2.00. The molecule has 0 saturated heterocycles. The Kier molecular flexibility index (Phi) is 5.92. The Morgan fingerprint density at radius 3 is 2.60 bits per heavy atom. The molecule has 0 saturated carbocycles. The van der Waals surface area contributed by atoms with E-state index in [1.54, 1.807) is 19.3 Å². The molecule has 1 aromatic heterocycles. The standard InChI is InChI=1S/C11H19N3O/c1-10(15)8-13-6-7-14-9-11-2-4-12-5-3-11/h2-5,10,13-15H,6-9H2,1H3/t10-/m0/s1. The molecule has 0 bridgehead atoms. The number of rotatable bonds is 7. The molecule has 4 heteroatoms. The first-order chi connectivity index (χ1) is 7.29. The van der Waals surface area contributed by atoms with E-state index in [9.17, 15) is 0 Å². The van der Waals surface area contributed by atoms with Crippen LogP contribution in [0.15, 0.2) is 24.5 Å². The van der Waals surface area contributed by atoms with Crippen LogP contribution < -0.4 is 10.6 Å². The minimum absolute atomic E-state index is 0.273. The Morgan fingerprint density at radius 1 is 1.27 bits per heavy atom. The van der Waals surface area contributed by atoms with Gasteiger partial charge >= 0.3 is 0 Å².